The highest BCUT2D eigenvalue weighted by atomic mass is 15.0. The van der Waals surface area contributed by atoms with Gasteiger partial charge in [0.1, 0.15) is 0 Å². The number of hydrogen-bond acceptors (Lipinski definition) is 1. The van der Waals surface area contributed by atoms with Gasteiger partial charge >= 0.3 is 0 Å². The summed E-state index contributed by atoms with van der Waals surface area (Å²) >= 11 is 0. The van der Waals surface area contributed by atoms with E-state index in [4.69, 9.17) is 0 Å². The zero-order valence-electron chi connectivity index (χ0n) is 21.3. The Hall–Kier alpha value is -4.95. The van der Waals surface area contributed by atoms with Gasteiger partial charge in [0.25, 0.3) is 0 Å². The minimum atomic E-state index is 0.234. The number of aromatic nitrogens is 2. The van der Waals surface area contributed by atoms with E-state index in [1.54, 1.807) is 0 Å². The fourth-order valence-corrected chi connectivity index (χ4v) is 7.26. The first-order valence-electron chi connectivity index (χ1n) is 13.6. The summed E-state index contributed by atoms with van der Waals surface area (Å²) in [4.78, 5) is 4.47. The Kier molecular flexibility index (Phi) is 4.20. The van der Waals surface area contributed by atoms with Crippen molar-refractivity contribution in [1.82, 2.24) is 9.55 Å². The maximum absolute atomic E-state index is 4.47. The lowest BCUT2D eigenvalue weighted by Gasteiger charge is -2.33. The largest absolute Gasteiger partial charge is 0.311 e. The van der Waals surface area contributed by atoms with Crippen LogP contribution < -0.4 is 0 Å². The van der Waals surface area contributed by atoms with E-state index in [2.05, 4.69) is 125 Å². The summed E-state index contributed by atoms with van der Waals surface area (Å²) in [5.41, 5.74) is 13.1. The van der Waals surface area contributed by atoms with Crippen molar-refractivity contribution in [2.45, 2.75) is 5.92 Å². The van der Waals surface area contributed by atoms with Crippen LogP contribution in [0.4, 0.5) is 0 Å². The smallest absolute Gasteiger partial charge is 0.0642 e. The fraction of sp³-hybridized carbons (Fsp3) is 0.0541. The molecule has 2 unspecified atom stereocenters. The Labute approximate surface area is 226 Å². The zero-order valence-corrected chi connectivity index (χ0v) is 21.3. The SMILES string of the molecule is C1=CC2C(c3ccc4c5c(cccc35)-c3ccccc3-4)=Cc3c(n(-c4cccnc4)c4ccccc34)C2C=C1. The molecule has 0 saturated carbocycles. The van der Waals surface area contributed by atoms with Crippen molar-refractivity contribution in [1.29, 1.82) is 0 Å². The summed E-state index contributed by atoms with van der Waals surface area (Å²) < 4.78 is 2.43. The van der Waals surface area contributed by atoms with Gasteiger partial charge < -0.3 is 4.57 Å². The highest BCUT2D eigenvalue weighted by molar-refractivity contribution is 6.18. The molecular weight excluding hydrogens is 472 g/mol. The van der Waals surface area contributed by atoms with E-state index in [1.165, 1.54) is 66.3 Å². The third kappa shape index (κ3) is 2.78. The first-order valence-corrected chi connectivity index (χ1v) is 13.6. The number of nitrogens with zero attached hydrogens (tertiary/aromatic N) is 2. The van der Waals surface area contributed by atoms with Crippen LogP contribution in [0.5, 0.6) is 0 Å². The number of fused-ring (bicyclic) bond motifs is 8. The minimum absolute atomic E-state index is 0.234. The second-order valence-electron chi connectivity index (χ2n) is 10.7. The van der Waals surface area contributed by atoms with E-state index >= 15 is 0 Å². The molecule has 3 aliphatic carbocycles. The Balaban J connectivity index is 1.36. The molecule has 2 atom stereocenters. The van der Waals surface area contributed by atoms with Crippen molar-refractivity contribution >= 4 is 33.3 Å². The summed E-state index contributed by atoms with van der Waals surface area (Å²) in [5, 5.41) is 4.01. The second kappa shape index (κ2) is 7.78. The van der Waals surface area contributed by atoms with E-state index in [9.17, 15) is 0 Å². The zero-order chi connectivity index (χ0) is 25.5. The molecule has 2 aromatic heterocycles. The van der Waals surface area contributed by atoms with Gasteiger partial charge in [-0.2, -0.15) is 0 Å². The van der Waals surface area contributed by atoms with Crippen LogP contribution in [0.2, 0.25) is 0 Å². The van der Waals surface area contributed by atoms with Crippen LogP contribution in [-0.2, 0) is 0 Å². The average molecular weight is 497 g/mol. The molecule has 0 radical (unpaired) electrons. The fourth-order valence-electron chi connectivity index (χ4n) is 7.26. The van der Waals surface area contributed by atoms with Crippen molar-refractivity contribution in [3.8, 4) is 27.9 Å². The van der Waals surface area contributed by atoms with Gasteiger partial charge in [0.2, 0.25) is 0 Å². The Morgan fingerprint density at radius 1 is 0.590 bits per heavy atom. The number of para-hydroxylation sites is 1. The first-order chi connectivity index (χ1) is 19.4. The molecule has 6 aromatic rings. The van der Waals surface area contributed by atoms with Crippen molar-refractivity contribution in [2.75, 3.05) is 0 Å². The summed E-state index contributed by atoms with van der Waals surface area (Å²) in [6, 6.07) is 33.3. The third-order valence-corrected chi connectivity index (χ3v) is 8.82. The number of rotatable bonds is 2. The molecule has 3 aliphatic rings. The number of allylic oxidation sites excluding steroid dienone is 5. The molecular formula is C37H24N2. The quantitative estimate of drug-likeness (QED) is 0.233. The highest BCUT2D eigenvalue weighted by Crippen LogP contribution is 2.53. The van der Waals surface area contributed by atoms with Crippen molar-refractivity contribution in [3.63, 3.8) is 0 Å². The van der Waals surface area contributed by atoms with Crippen LogP contribution in [0.15, 0.2) is 128 Å². The molecule has 0 fully saturated rings. The molecule has 2 nitrogen and oxygen atoms in total. The number of pyridine rings is 1. The molecule has 0 N–H and O–H groups in total. The molecule has 2 heteroatoms. The van der Waals surface area contributed by atoms with Crippen molar-refractivity contribution in [2.24, 2.45) is 5.92 Å². The van der Waals surface area contributed by atoms with Crippen LogP contribution in [-0.4, -0.2) is 9.55 Å². The van der Waals surface area contributed by atoms with Crippen LogP contribution >= 0.6 is 0 Å². The Morgan fingerprint density at radius 2 is 1.31 bits per heavy atom. The van der Waals surface area contributed by atoms with Gasteiger partial charge in [0.15, 0.2) is 0 Å². The predicted molar refractivity (Wildman–Crippen MR) is 162 cm³/mol. The second-order valence-corrected chi connectivity index (χ2v) is 10.7. The predicted octanol–water partition coefficient (Wildman–Crippen LogP) is 9.21. The summed E-state index contributed by atoms with van der Waals surface area (Å²) in [6.45, 7) is 0. The highest BCUT2D eigenvalue weighted by Gasteiger charge is 2.36. The average Bonchev–Trinajstić information content (AvgIpc) is 3.52. The molecule has 2 heterocycles. The molecule has 9 rings (SSSR count). The Morgan fingerprint density at radius 3 is 2.15 bits per heavy atom. The van der Waals surface area contributed by atoms with E-state index in [0.717, 1.165) is 5.69 Å². The third-order valence-electron chi connectivity index (χ3n) is 8.82. The van der Waals surface area contributed by atoms with Crippen LogP contribution in [0.25, 0.3) is 61.3 Å². The van der Waals surface area contributed by atoms with E-state index in [0.29, 0.717) is 0 Å². The molecule has 39 heavy (non-hydrogen) atoms. The summed E-state index contributed by atoms with van der Waals surface area (Å²) in [5.74, 6) is 0.487. The monoisotopic (exact) mass is 496 g/mol. The van der Waals surface area contributed by atoms with Crippen LogP contribution in [0.3, 0.4) is 0 Å². The number of benzene rings is 4. The van der Waals surface area contributed by atoms with Gasteiger partial charge in [-0.05, 0) is 68.4 Å². The van der Waals surface area contributed by atoms with Gasteiger partial charge in [-0.1, -0.05) is 97.1 Å². The lowest BCUT2D eigenvalue weighted by atomic mass is 9.72. The van der Waals surface area contributed by atoms with Gasteiger partial charge in [0.05, 0.1) is 17.4 Å². The maximum Gasteiger partial charge on any atom is 0.0642 e. The van der Waals surface area contributed by atoms with E-state index < -0.39 is 0 Å². The van der Waals surface area contributed by atoms with Crippen LogP contribution in [0, 0.1) is 5.92 Å². The van der Waals surface area contributed by atoms with Crippen molar-refractivity contribution < 1.29 is 0 Å². The van der Waals surface area contributed by atoms with E-state index in [-0.39, 0.29) is 11.8 Å². The van der Waals surface area contributed by atoms with Crippen molar-refractivity contribution in [3.05, 3.63) is 145 Å². The number of hydrogen-bond donors (Lipinski definition) is 0. The van der Waals surface area contributed by atoms with Gasteiger partial charge in [-0.15, -0.1) is 0 Å². The lowest BCUT2D eigenvalue weighted by Crippen LogP contribution is -2.20. The molecule has 182 valence electrons. The molecule has 0 bridgehead atoms. The molecule has 0 amide bonds. The topological polar surface area (TPSA) is 17.8 Å². The standard InChI is InChI=1S/C37H24N2/c1-2-11-25-24(10-1)29-15-7-16-30-27(18-19-31(25)36(29)30)33-21-34-28-13-5-6-17-35(28)39(23-9-8-20-38-22-23)37(34)32-14-4-3-12-26(32)33/h1-22,26,32H. The first kappa shape index (κ1) is 21.0. The molecule has 4 aromatic carbocycles. The van der Waals surface area contributed by atoms with Gasteiger partial charge in [-0.25, -0.2) is 0 Å². The molecule has 0 aliphatic heterocycles. The Bertz CT molecular complexity index is 2040. The van der Waals surface area contributed by atoms with E-state index in [1.807, 2.05) is 18.5 Å². The molecule has 0 spiro atoms. The van der Waals surface area contributed by atoms with Crippen LogP contribution in [0.1, 0.15) is 22.7 Å². The minimum Gasteiger partial charge on any atom is -0.311 e. The summed E-state index contributed by atoms with van der Waals surface area (Å²) in [7, 11) is 0. The lowest BCUT2D eigenvalue weighted by molar-refractivity contribution is 0.676. The normalized spacial score (nSPS) is 18.2. The van der Waals surface area contributed by atoms with Gasteiger partial charge in [0, 0.05) is 34.7 Å². The summed E-state index contributed by atoms with van der Waals surface area (Å²) in [6.07, 6.45) is 15.5. The van der Waals surface area contributed by atoms with Gasteiger partial charge in [-0.3, -0.25) is 4.98 Å². The molecule has 0 saturated heterocycles. The maximum atomic E-state index is 4.47.